The number of hydrogen-bond acceptors (Lipinski definition) is 5. The van der Waals surface area contributed by atoms with Gasteiger partial charge in [-0.05, 0) is 38.3 Å². The van der Waals surface area contributed by atoms with E-state index in [0.717, 1.165) is 49.3 Å². The molecule has 1 aromatic carbocycles. The van der Waals surface area contributed by atoms with Gasteiger partial charge in [-0.25, -0.2) is 0 Å². The summed E-state index contributed by atoms with van der Waals surface area (Å²) >= 11 is 0. The third kappa shape index (κ3) is 2.36. The minimum Gasteiger partial charge on any atom is -0.469 e. The second-order valence-electron chi connectivity index (χ2n) is 7.64. The van der Waals surface area contributed by atoms with Gasteiger partial charge in [0.05, 0.1) is 31.0 Å². The Morgan fingerprint density at radius 3 is 2.92 bits per heavy atom. The summed E-state index contributed by atoms with van der Waals surface area (Å²) in [5.41, 5.74) is 1.41. The largest absolute Gasteiger partial charge is 0.469 e. The number of para-hydroxylation sites is 1. The van der Waals surface area contributed by atoms with Crippen LogP contribution >= 0.6 is 0 Å². The van der Waals surface area contributed by atoms with E-state index in [2.05, 4.69) is 11.8 Å². The maximum Gasteiger partial charge on any atom is 0.306 e. The number of fused-ring (bicyclic) bond motifs is 5. The van der Waals surface area contributed by atoms with Gasteiger partial charge in [0.2, 0.25) is 0 Å². The molecule has 3 aliphatic heterocycles. The van der Waals surface area contributed by atoms with Crippen molar-refractivity contribution in [3.63, 3.8) is 0 Å². The number of aliphatic hydroxyl groups is 1. The van der Waals surface area contributed by atoms with Crippen LogP contribution in [0.3, 0.4) is 0 Å². The van der Waals surface area contributed by atoms with Gasteiger partial charge in [0, 0.05) is 17.5 Å². The summed E-state index contributed by atoms with van der Waals surface area (Å²) in [6.45, 7) is 3.97. The highest BCUT2D eigenvalue weighted by Crippen LogP contribution is 2.52. The molecule has 4 rings (SSSR count). The summed E-state index contributed by atoms with van der Waals surface area (Å²) in [6, 6.07) is 7.88. The number of benzene rings is 1. The van der Waals surface area contributed by atoms with Gasteiger partial charge in [0.25, 0.3) is 0 Å². The van der Waals surface area contributed by atoms with Crippen molar-refractivity contribution in [3.05, 3.63) is 29.8 Å². The molecule has 2 fully saturated rings. The Morgan fingerprint density at radius 2 is 2.16 bits per heavy atom. The first kappa shape index (κ1) is 16.7. The van der Waals surface area contributed by atoms with Gasteiger partial charge in [-0.2, -0.15) is 0 Å². The van der Waals surface area contributed by atoms with Crippen LogP contribution < -0.4 is 0 Å². The predicted octanol–water partition coefficient (Wildman–Crippen LogP) is 2.79. The van der Waals surface area contributed by atoms with Crippen molar-refractivity contribution in [1.29, 1.82) is 0 Å². The van der Waals surface area contributed by atoms with Crippen LogP contribution in [-0.4, -0.2) is 47.9 Å². The number of methoxy groups -OCH3 is 1. The van der Waals surface area contributed by atoms with E-state index in [1.54, 1.807) is 0 Å². The lowest BCUT2D eigenvalue weighted by Crippen LogP contribution is -2.64. The molecule has 0 spiro atoms. The molecule has 3 atom stereocenters. The van der Waals surface area contributed by atoms with Crippen molar-refractivity contribution in [2.45, 2.75) is 50.7 Å². The van der Waals surface area contributed by atoms with E-state index in [-0.39, 0.29) is 17.4 Å². The van der Waals surface area contributed by atoms with E-state index >= 15 is 0 Å². The molecular weight excluding hydrogens is 316 g/mol. The summed E-state index contributed by atoms with van der Waals surface area (Å²) in [5.74, 6) is -0.172. The van der Waals surface area contributed by atoms with E-state index in [4.69, 9.17) is 9.73 Å². The fraction of sp³-hybridized carbons (Fsp3) is 0.600. The molecule has 3 aliphatic rings. The van der Waals surface area contributed by atoms with Gasteiger partial charge in [0.15, 0.2) is 0 Å². The van der Waals surface area contributed by atoms with Crippen LogP contribution in [0.4, 0.5) is 5.69 Å². The molecule has 1 N–H and O–H groups in total. The van der Waals surface area contributed by atoms with Gasteiger partial charge in [0.1, 0.15) is 5.60 Å². The zero-order valence-corrected chi connectivity index (χ0v) is 15.0. The molecule has 0 unspecified atom stereocenters. The highest BCUT2D eigenvalue weighted by molar-refractivity contribution is 6.05. The van der Waals surface area contributed by atoms with Crippen LogP contribution in [0.1, 0.15) is 44.6 Å². The molecule has 5 nitrogen and oxygen atoms in total. The number of aliphatic imine (C=N–C) groups is 1. The van der Waals surface area contributed by atoms with Gasteiger partial charge >= 0.3 is 5.97 Å². The molecule has 0 saturated carbocycles. The Labute approximate surface area is 148 Å². The molecule has 0 radical (unpaired) electrons. The van der Waals surface area contributed by atoms with Crippen molar-refractivity contribution in [2.24, 2.45) is 10.4 Å². The number of piperidine rings is 2. The molecule has 3 heterocycles. The first-order valence-corrected chi connectivity index (χ1v) is 9.26. The van der Waals surface area contributed by atoms with Crippen LogP contribution in [-0.2, 0) is 15.1 Å². The lowest BCUT2D eigenvalue weighted by molar-refractivity contribution is -0.146. The van der Waals surface area contributed by atoms with Gasteiger partial charge < -0.3 is 9.84 Å². The van der Waals surface area contributed by atoms with Gasteiger partial charge in [-0.1, -0.05) is 25.1 Å². The second kappa shape index (κ2) is 5.92. The van der Waals surface area contributed by atoms with Crippen molar-refractivity contribution in [3.8, 4) is 0 Å². The Balaban J connectivity index is 1.80. The minimum absolute atomic E-state index is 0.00324. The molecule has 0 aliphatic carbocycles. The van der Waals surface area contributed by atoms with Crippen molar-refractivity contribution in [1.82, 2.24) is 4.90 Å². The molecule has 2 saturated heterocycles. The SMILES string of the molecule is CC[C@@]1(CC(=O)OC)CCCN2CC[C@]3(O)C(=Nc4ccccc43)[C@@H]21. The molecule has 0 aromatic heterocycles. The van der Waals surface area contributed by atoms with Crippen LogP contribution in [0.5, 0.6) is 0 Å². The quantitative estimate of drug-likeness (QED) is 0.858. The smallest absolute Gasteiger partial charge is 0.306 e. The van der Waals surface area contributed by atoms with Gasteiger partial charge in [-0.15, -0.1) is 0 Å². The van der Waals surface area contributed by atoms with Crippen LogP contribution in [0.25, 0.3) is 0 Å². The number of hydrogen-bond donors (Lipinski definition) is 1. The molecule has 25 heavy (non-hydrogen) atoms. The molecule has 0 amide bonds. The van der Waals surface area contributed by atoms with E-state index in [9.17, 15) is 9.90 Å². The third-order valence-corrected chi connectivity index (χ3v) is 6.53. The molecule has 1 aromatic rings. The van der Waals surface area contributed by atoms with Crippen LogP contribution in [0.15, 0.2) is 29.3 Å². The normalized spacial score (nSPS) is 33.9. The number of carbonyl (C=O) groups is 1. The fourth-order valence-corrected chi connectivity index (χ4v) is 5.17. The highest BCUT2D eigenvalue weighted by Gasteiger charge is 2.57. The predicted molar refractivity (Wildman–Crippen MR) is 96.0 cm³/mol. The Bertz CT molecular complexity index is 731. The zero-order chi connectivity index (χ0) is 17.7. The summed E-state index contributed by atoms with van der Waals surface area (Å²) in [6.07, 6.45) is 3.95. The van der Waals surface area contributed by atoms with E-state index in [0.29, 0.717) is 12.8 Å². The average Bonchev–Trinajstić information content (AvgIpc) is 2.94. The van der Waals surface area contributed by atoms with E-state index in [1.165, 1.54) is 7.11 Å². The third-order valence-electron chi connectivity index (χ3n) is 6.53. The topological polar surface area (TPSA) is 62.1 Å². The minimum atomic E-state index is -0.994. The van der Waals surface area contributed by atoms with Gasteiger partial charge in [-0.3, -0.25) is 14.7 Å². The van der Waals surface area contributed by atoms with Crippen molar-refractivity contribution < 1.29 is 14.6 Å². The Morgan fingerprint density at radius 1 is 1.36 bits per heavy atom. The van der Waals surface area contributed by atoms with E-state index in [1.807, 2.05) is 24.3 Å². The fourth-order valence-electron chi connectivity index (χ4n) is 5.17. The average molecular weight is 342 g/mol. The number of carbonyl (C=O) groups excluding carboxylic acids is 1. The molecular formula is C20H26N2O3. The first-order valence-electron chi connectivity index (χ1n) is 9.26. The maximum atomic E-state index is 12.2. The lowest BCUT2D eigenvalue weighted by Gasteiger charge is -2.54. The second-order valence-corrected chi connectivity index (χ2v) is 7.64. The van der Waals surface area contributed by atoms with Crippen molar-refractivity contribution >= 4 is 17.4 Å². The standard InChI is InChI=1S/C20H26N2O3/c1-3-19(13-16(23)25-2)9-6-11-22-12-10-20(24)14-7-4-5-8-15(14)21-17(20)18(19)22/h4-5,7-8,18,24H,3,6,9-13H2,1-2H3/t18-,19+,20-/m1/s1. The summed E-state index contributed by atoms with van der Waals surface area (Å²) in [5, 5.41) is 11.5. The summed E-state index contributed by atoms with van der Waals surface area (Å²) in [4.78, 5) is 19.5. The number of ether oxygens (including phenoxy) is 1. The Kier molecular flexibility index (Phi) is 3.96. The van der Waals surface area contributed by atoms with Crippen molar-refractivity contribution in [2.75, 3.05) is 20.2 Å². The maximum absolute atomic E-state index is 12.2. The number of rotatable bonds is 3. The lowest BCUT2D eigenvalue weighted by atomic mass is 9.62. The molecule has 5 heteroatoms. The summed E-state index contributed by atoms with van der Waals surface area (Å²) < 4.78 is 5.00. The summed E-state index contributed by atoms with van der Waals surface area (Å²) in [7, 11) is 1.45. The monoisotopic (exact) mass is 342 g/mol. The Hall–Kier alpha value is -1.72. The highest BCUT2D eigenvalue weighted by atomic mass is 16.5. The number of nitrogens with zero attached hydrogens (tertiary/aromatic N) is 2. The van der Waals surface area contributed by atoms with Crippen LogP contribution in [0, 0.1) is 5.41 Å². The molecule has 0 bridgehead atoms. The zero-order valence-electron chi connectivity index (χ0n) is 15.0. The molecule has 134 valence electrons. The number of esters is 1. The van der Waals surface area contributed by atoms with E-state index < -0.39 is 5.60 Å². The first-order chi connectivity index (χ1) is 12.0. The van der Waals surface area contributed by atoms with Crippen LogP contribution in [0.2, 0.25) is 0 Å².